The van der Waals surface area contributed by atoms with E-state index in [0.717, 1.165) is 7.11 Å². The van der Waals surface area contributed by atoms with E-state index in [2.05, 4.69) is 4.74 Å². The van der Waals surface area contributed by atoms with Crippen LogP contribution in [-0.4, -0.2) is 56.5 Å². The van der Waals surface area contributed by atoms with Crippen molar-refractivity contribution in [3.8, 4) is 0 Å². The maximum absolute atomic E-state index is 11.8. The van der Waals surface area contributed by atoms with Crippen molar-refractivity contribution in [1.82, 2.24) is 0 Å². The Morgan fingerprint density at radius 3 is 1.57 bits per heavy atom. The van der Waals surface area contributed by atoms with Crippen LogP contribution < -0.4 is 0 Å². The molecule has 5 N–H and O–H groups in total. The highest BCUT2D eigenvalue weighted by molar-refractivity contribution is 5.99. The first-order valence-corrected chi connectivity index (χ1v) is 6.28. The smallest absolute Gasteiger partial charge is 0.335 e. The van der Waals surface area contributed by atoms with Crippen LogP contribution >= 0.6 is 0 Å². The Bertz CT molecular complexity index is 685. The van der Waals surface area contributed by atoms with Crippen molar-refractivity contribution in [2.24, 2.45) is 23.7 Å². The van der Waals surface area contributed by atoms with Crippen LogP contribution in [0.1, 0.15) is 0 Å². The maximum Gasteiger partial charge on any atom is 0.335 e. The molecular weight excluding hydrogens is 316 g/mol. The van der Waals surface area contributed by atoms with Crippen LogP contribution in [0.25, 0.3) is 0 Å². The van der Waals surface area contributed by atoms with E-state index in [0.29, 0.717) is 0 Å². The summed E-state index contributed by atoms with van der Waals surface area (Å²) in [6.45, 7) is 0. The molecule has 0 amide bonds. The molecule has 0 fully saturated rings. The number of carbonyl (C=O) groups excluding carboxylic acids is 1. The van der Waals surface area contributed by atoms with Gasteiger partial charge in [-0.05, 0) is 0 Å². The van der Waals surface area contributed by atoms with E-state index < -0.39 is 70.2 Å². The van der Waals surface area contributed by atoms with Gasteiger partial charge in [0.2, 0.25) is 0 Å². The molecule has 0 aromatic rings. The van der Waals surface area contributed by atoms with Gasteiger partial charge in [0.15, 0.2) is 0 Å². The molecule has 0 heterocycles. The van der Waals surface area contributed by atoms with Gasteiger partial charge >= 0.3 is 23.9 Å². The normalized spacial score (nSPS) is 29.4. The monoisotopic (exact) mass is 328 g/mol. The highest BCUT2D eigenvalue weighted by Crippen LogP contribution is 2.55. The van der Waals surface area contributed by atoms with E-state index in [4.69, 9.17) is 0 Å². The molecule has 2 aliphatic carbocycles. The van der Waals surface area contributed by atoms with Crippen LogP contribution in [0.3, 0.4) is 0 Å². The van der Waals surface area contributed by atoms with Crippen molar-refractivity contribution >= 4 is 23.9 Å². The van der Waals surface area contributed by atoms with Crippen LogP contribution in [0.5, 0.6) is 0 Å². The lowest BCUT2D eigenvalue weighted by Crippen LogP contribution is -2.31. The van der Waals surface area contributed by atoms with Gasteiger partial charge in [-0.3, -0.25) is 9.59 Å². The van der Waals surface area contributed by atoms with Gasteiger partial charge in [-0.25, -0.2) is 9.59 Å². The predicted molar refractivity (Wildman–Crippen MR) is 68.2 cm³/mol. The zero-order valence-corrected chi connectivity index (χ0v) is 11.6. The number of hydrogen-bond donors (Lipinski definition) is 5. The first kappa shape index (κ1) is 16.3. The topological polar surface area (TPSA) is 179 Å². The van der Waals surface area contributed by atoms with E-state index in [-0.39, 0.29) is 0 Å². The summed E-state index contributed by atoms with van der Waals surface area (Å²) in [5.41, 5.74) is -1.64. The Balaban J connectivity index is 2.73. The van der Waals surface area contributed by atoms with Gasteiger partial charge in [-0.15, -0.1) is 0 Å². The summed E-state index contributed by atoms with van der Waals surface area (Å²) >= 11 is 0. The molecule has 0 saturated heterocycles. The highest BCUT2D eigenvalue weighted by Gasteiger charge is 2.62. The van der Waals surface area contributed by atoms with E-state index in [9.17, 15) is 44.7 Å². The third-order valence-electron chi connectivity index (χ3n) is 4.09. The number of aliphatic hydroxyl groups excluding tert-OH is 2. The average Bonchev–Trinajstić information content (AvgIpc) is 2.86. The van der Waals surface area contributed by atoms with Gasteiger partial charge in [-0.1, -0.05) is 0 Å². The number of aliphatic carboxylic acids is 3. The Morgan fingerprint density at radius 1 is 0.826 bits per heavy atom. The summed E-state index contributed by atoms with van der Waals surface area (Å²) in [5.74, 6) is -15.0. The Morgan fingerprint density at radius 2 is 1.22 bits per heavy atom. The number of carboxylic acid groups (broad SMARTS) is 3. The molecule has 0 bridgehead atoms. The van der Waals surface area contributed by atoms with Crippen molar-refractivity contribution in [2.75, 3.05) is 7.11 Å². The summed E-state index contributed by atoms with van der Waals surface area (Å²) < 4.78 is 4.43. The first-order chi connectivity index (χ1) is 10.6. The van der Waals surface area contributed by atoms with Crippen LogP contribution in [0.4, 0.5) is 0 Å². The summed E-state index contributed by atoms with van der Waals surface area (Å²) in [4.78, 5) is 45.9. The lowest BCUT2D eigenvalue weighted by molar-refractivity contribution is -0.148. The quantitative estimate of drug-likeness (QED) is 0.423. The number of carbonyl (C=O) groups is 4. The number of esters is 1. The molecule has 10 nitrogen and oxygen atoms in total. The number of rotatable bonds is 4. The van der Waals surface area contributed by atoms with E-state index in [1.54, 1.807) is 0 Å². The Hall–Kier alpha value is -3.04. The standard InChI is InChI=1S/C13H12O10/c1-23-13(22)7-3-2(5(9(7)15)11(18)19)4(10(16)17)8(14)6(3)12(20)21/h2-4,7,14-15H,1H3,(H,16,17)(H,18,19)(H,20,21). The predicted octanol–water partition coefficient (Wildman–Crippen LogP) is -0.471. The molecule has 0 saturated carbocycles. The lowest BCUT2D eigenvalue weighted by atomic mass is 9.81. The molecule has 0 aliphatic heterocycles. The molecule has 0 aromatic carbocycles. The average molecular weight is 328 g/mol. The zero-order chi connectivity index (χ0) is 17.6. The minimum Gasteiger partial charge on any atom is -0.511 e. The van der Waals surface area contributed by atoms with Crippen LogP contribution in [0.15, 0.2) is 22.7 Å². The summed E-state index contributed by atoms with van der Waals surface area (Å²) in [6.07, 6.45) is 0. The fourth-order valence-corrected chi connectivity index (χ4v) is 3.28. The Labute approximate surface area is 127 Å². The molecule has 2 rings (SSSR count). The lowest BCUT2D eigenvalue weighted by Gasteiger charge is -2.20. The van der Waals surface area contributed by atoms with Crippen molar-refractivity contribution < 1.29 is 49.4 Å². The van der Waals surface area contributed by atoms with E-state index >= 15 is 0 Å². The molecule has 0 aromatic heterocycles. The molecule has 124 valence electrons. The molecule has 4 unspecified atom stereocenters. The third kappa shape index (κ3) is 2.10. The molecule has 10 heteroatoms. The molecular formula is C13H12O10. The number of ether oxygens (including phenoxy) is 1. The fourth-order valence-electron chi connectivity index (χ4n) is 3.28. The number of carboxylic acids is 3. The van der Waals surface area contributed by atoms with Gasteiger partial charge < -0.3 is 30.3 Å². The molecule has 23 heavy (non-hydrogen) atoms. The maximum atomic E-state index is 11.8. The summed E-state index contributed by atoms with van der Waals surface area (Å²) in [7, 11) is 0.941. The molecule has 4 atom stereocenters. The van der Waals surface area contributed by atoms with Crippen LogP contribution in [-0.2, 0) is 23.9 Å². The van der Waals surface area contributed by atoms with Gasteiger partial charge in [-0.2, -0.15) is 0 Å². The minimum absolute atomic E-state index is 0.819. The van der Waals surface area contributed by atoms with Crippen molar-refractivity contribution in [3.05, 3.63) is 22.7 Å². The van der Waals surface area contributed by atoms with Crippen molar-refractivity contribution in [3.63, 3.8) is 0 Å². The molecule has 0 spiro atoms. The molecule has 2 aliphatic rings. The van der Waals surface area contributed by atoms with Gasteiger partial charge in [0.25, 0.3) is 0 Å². The zero-order valence-electron chi connectivity index (χ0n) is 11.6. The summed E-state index contributed by atoms with van der Waals surface area (Å²) in [5, 5.41) is 47.5. The largest absolute Gasteiger partial charge is 0.511 e. The van der Waals surface area contributed by atoms with Gasteiger partial charge in [0.05, 0.1) is 18.3 Å². The highest BCUT2D eigenvalue weighted by atomic mass is 16.5. The van der Waals surface area contributed by atoms with Crippen molar-refractivity contribution in [1.29, 1.82) is 0 Å². The van der Waals surface area contributed by atoms with Gasteiger partial charge in [0.1, 0.15) is 23.4 Å². The number of methoxy groups -OCH3 is 1. The second-order valence-electron chi connectivity index (χ2n) is 5.08. The second kappa shape index (κ2) is 5.30. The third-order valence-corrected chi connectivity index (χ3v) is 4.09. The summed E-state index contributed by atoms with van der Waals surface area (Å²) in [6, 6.07) is 0. The molecule has 0 radical (unpaired) electrons. The first-order valence-electron chi connectivity index (χ1n) is 6.28. The van der Waals surface area contributed by atoms with E-state index in [1.165, 1.54) is 0 Å². The van der Waals surface area contributed by atoms with Crippen molar-refractivity contribution in [2.45, 2.75) is 0 Å². The van der Waals surface area contributed by atoms with E-state index in [1.807, 2.05) is 0 Å². The number of aliphatic hydroxyl groups is 2. The van der Waals surface area contributed by atoms with Crippen LogP contribution in [0.2, 0.25) is 0 Å². The number of fused-ring (bicyclic) bond motifs is 1. The van der Waals surface area contributed by atoms with Crippen LogP contribution in [0, 0.1) is 23.7 Å². The second-order valence-corrected chi connectivity index (χ2v) is 5.08. The number of hydrogen-bond acceptors (Lipinski definition) is 7. The fraction of sp³-hybridized carbons (Fsp3) is 0.385. The SMILES string of the molecule is COC(=O)C1C(O)=C(C(=O)O)C2C(C(=O)O)C(O)=C(C(=O)O)C12. The van der Waals surface area contributed by atoms with Gasteiger partial charge in [0, 0.05) is 11.8 Å². The Kier molecular flexibility index (Phi) is 3.77. The minimum atomic E-state index is -1.89.